The fourth-order valence-corrected chi connectivity index (χ4v) is 5.91. The molecular formula is C19H32N2O2S. The fourth-order valence-electron chi connectivity index (χ4n) is 4.74. The van der Waals surface area contributed by atoms with E-state index < -0.39 is 5.54 Å². The summed E-state index contributed by atoms with van der Waals surface area (Å²) in [5.41, 5.74) is -0.573. The van der Waals surface area contributed by atoms with E-state index in [2.05, 4.69) is 19.2 Å². The molecule has 2 amide bonds. The molecule has 4 nitrogen and oxygen atoms in total. The van der Waals surface area contributed by atoms with Crippen molar-refractivity contribution in [2.24, 2.45) is 11.8 Å². The Bertz CT molecular complexity index is 468. The summed E-state index contributed by atoms with van der Waals surface area (Å²) in [6.45, 7) is 5.21. The Morgan fingerprint density at radius 3 is 2.58 bits per heavy atom. The maximum atomic E-state index is 13.2. The number of rotatable bonds is 5. The number of hydrogen-bond acceptors (Lipinski definition) is 3. The third-order valence-corrected chi connectivity index (χ3v) is 6.95. The maximum Gasteiger partial charge on any atom is 0.246 e. The number of nitrogens with zero attached hydrogens (tertiary/aromatic N) is 1. The first-order valence-corrected chi connectivity index (χ1v) is 10.9. The van der Waals surface area contributed by atoms with Crippen molar-refractivity contribution >= 4 is 23.6 Å². The summed E-state index contributed by atoms with van der Waals surface area (Å²) in [5, 5.41) is 3.30. The van der Waals surface area contributed by atoms with E-state index in [9.17, 15) is 9.59 Å². The van der Waals surface area contributed by atoms with Gasteiger partial charge in [0.05, 0.1) is 0 Å². The molecule has 3 rings (SSSR count). The van der Waals surface area contributed by atoms with E-state index in [0.29, 0.717) is 24.3 Å². The summed E-state index contributed by atoms with van der Waals surface area (Å²) >= 11 is 1.91. The highest BCUT2D eigenvalue weighted by molar-refractivity contribution is 7.99. The molecule has 0 aromatic heterocycles. The van der Waals surface area contributed by atoms with E-state index in [1.807, 2.05) is 16.7 Å². The summed E-state index contributed by atoms with van der Waals surface area (Å²) in [7, 11) is 0. The van der Waals surface area contributed by atoms with Gasteiger partial charge in [-0.1, -0.05) is 26.7 Å². The molecule has 5 heteroatoms. The van der Waals surface area contributed by atoms with E-state index in [4.69, 9.17) is 0 Å². The Morgan fingerprint density at radius 1 is 1.29 bits per heavy atom. The first kappa shape index (κ1) is 18.1. The average molecular weight is 353 g/mol. The van der Waals surface area contributed by atoms with Crippen molar-refractivity contribution < 1.29 is 9.59 Å². The number of carbonyl (C=O) groups excluding carboxylic acids is 2. The van der Waals surface area contributed by atoms with Gasteiger partial charge in [-0.15, -0.1) is 0 Å². The van der Waals surface area contributed by atoms with Gasteiger partial charge >= 0.3 is 0 Å². The quantitative estimate of drug-likeness (QED) is 0.826. The average Bonchev–Trinajstić information content (AvgIpc) is 3.17. The molecule has 1 N–H and O–H groups in total. The zero-order valence-corrected chi connectivity index (χ0v) is 16.0. The van der Waals surface area contributed by atoms with Crippen molar-refractivity contribution in [1.29, 1.82) is 0 Å². The Hall–Kier alpha value is -0.710. The third-order valence-electron chi connectivity index (χ3n) is 5.96. The van der Waals surface area contributed by atoms with Gasteiger partial charge in [-0.25, -0.2) is 0 Å². The SMILES string of the molecule is CC(C)C[C@H]1CC(=O)N(C2(C(=O)NC3CCCC3)CCSCC2)C1. The Morgan fingerprint density at radius 2 is 1.96 bits per heavy atom. The molecule has 0 spiro atoms. The van der Waals surface area contributed by atoms with E-state index in [1.54, 1.807) is 0 Å². The van der Waals surface area contributed by atoms with E-state index in [0.717, 1.165) is 50.2 Å². The van der Waals surface area contributed by atoms with Crippen LogP contribution in [0.4, 0.5) is 0 Å². The second-order valence-electron chi connectivity index (χ2n) is 8.30. The van der Waals surface area contributed by atoms with Gasteiger partial charge < -0.3 is 10.2 Å². The third kappa shape index (κ3) is 3.76. The summed E-state index contributed by atoms with van der Waals surface area (Å²) in [6, 6.07) is 0.327. The highest BCUT2D eigenvalue weighted by atomic mass is 32.2. The molecule has 1 aliphatic carbocycles. The molecule has 2 saturated heterocycles. The van der Waals surface area contributed by atoms with Crippen LogP contribution in [0.15, 0.2) is 0 Å². The lowest BCUT2D eigenvalue weighted by Crippen LogP contribution is -2.62. The van der Waals surface area contributed by atoms with Crippen molar-refractivity contribution in [3.63, 3.8) is 0 Å². The van der Waals surface area contributed by atoms with Crippen molar-refractivity contribution in [3.8, 4) is 0 Å². The fraction of sp³-hybridized carbons (Fsp3) is 0.895. The molecule has 1 atom stereocenters. The summed E-state index contributed by atoms with van der Waals surface area (Å²) < 4.78 is 0. The van der Waals surface area contributed by atoms with Crippen molar-refractivity contribution in [3.05, 3.63) is 0 Å². The molecule has 0 bridgehead atoms. The van der Waals surface area contributed by atoms with Gasteiger partial charge in [0.1, 0.15) is 5.54 Å². The second kappa shape index (κ2) is 7.67. The Labute approximate surface area is 150 Å². The first-order chi connectivity index (χ1) is 11.5. The van der Waals surface area contributed by atoms with Crippen LogP contribution in [0.1, 0.15) is 65.2 Å². The molecule has 3 aliphatic rings. The second-order valence-corrected chi connectivity index (χ2v) is 9.53. The summed E-state index contributed by atoms with van der Waals surface area (Å²) in [6.07, 6.45) is 7.97. The molecule has 136 valence electrons. The molecule has 0 unspecified atom stereocenters. The van der Waals surface area contributed by atoms with Crippen LogP contribution in [-0.2, 0) is 9.59 Å². The van der Waals surface area contributed by atoms with Gasteiger partial charge in [-0.3, -0.25) is 9.59 Å². The molecule has 0 aromatic rings. The van der Waals surface area contributed by atoms with Crippen LogP contribution in [0, 0.1) is 11.8 Å². The maximum absolute atomic E-state index is 13.2. The molecule has 2 heterocycles. The van der Waals surface area contributed by atoms with E-state index in [1.165, 1.54) is 12.8 Å². The van der Waals surface area contributed by atoms with E-state index >= 15 is 0 Å². The van der Waals surface area contributed by atoms with Crippen LogP contribution < -0.4 is 5.32 Å². The molecule has 24 heavy (non-hydrogen) atoms. The van der Waals surface area contributed by atoms with Gasteiger partial charge in [0, 0.05) is 19.0 Å². The lowest BCUT2D eigenvalue weighted by atomic mass is 9.88. The van der Waals surface area contributed by atoms with E-state index in [-0.39, 0.29) is 11.8 Å². The predicted molar refractivity (Wildman–Crippen MR) is 99.0 cm³/mol. The largest absolute Gasteiger partial charge is 0.351 e. The highest BCUT2D eigenvalue weighted by Crippen LogP contribution is 2.38. The van der Waals surface area contributed by atoms with Crippen molar-refractivity contribution in [2.45, 2.75) is 76.8 Å². The molecule has 3 fully saturated rings. The minimum Gasteiger partial charge on any atom is -0.351 e. The number of carbonyl (C=O) groups is 2. The van der Waals surface area contributed by atoms with Crippen LogP contribution in [0.2, 0.25) is 0 Å². The summed E-state index contributed by atoms with van der Waals surface area (Å²) in [4.78, 5) is 28.0. The highest BCUT2D eigenvalue weighted by Gasteiger charge is 2.50. The molecule has 0 aromatic carbocycles. The zero-order valence-electron chi connectivity index (χ0n) is 15.2. The van der Waals surface area contributed by atoms with Crippen molar-refractivity contribution in [2.75, 3.05) is 18.1 Å². The van der Waals surface area contributed by atoms with Crippen LogP contribution in [0.5, 0.6) is 0 Å². The monoisotopic (exact) mass is 352 g/mol. The first-order valence-electron chi connectivity index (χ1n) is 9.70. The topological polar surface area (TPSA) is 49.4 Å². The van der Waals surface area contributed by atoms with Gasteiger partial charge in [0.25, 0.3) is 0 Å². The van der Waals surface area contributed by atoms with Crippen LogP contribution in [0.3, 0.4) is 0 Å². The van der Waals surface area contributed by atoms with Gasteiger partial charge in [-0.05, 0) is 55.4 Å². The Kier molecular flexibility index (Phi) is 5.78. The lowest BCUT2D eigenvalue weighted by molar-refractivity contribution is -0.145. The lowest BCUT2D eigenvalue weighted by Gasteiger charge is -2.43. The minimum atomic E-state index is -0.573. The van der Waals surface area contributed by atoms with Crippen LogP contribution >= 0.6 is 11.8 Å². The number of hydrogen-bond donors (Lipinski definition) is 1. The van der Waals surface area contributed by atoms with Gasteiger partial charge in [0.15, 0.2) is 0 Å². The normalized spacial score (nSPS) is 27.9. The van der Waals surface area contributed by atoms with Gasteiger partial charge in [-0.2, -0.15) is 11.8 Å². The number of amides is 2. The molecule has 1 saturated carbocycles. The van der Waals surface area contributed by atoms with Crippen molar-refractivity contribution in [1.82, 2.24) is 10.2 Å². The minimum absolute atomic E-state index is 0.133. The molecular weight excluding hydrogens is 320 g/mol. The number of nitrogens with one attached hydrogen (secondary N) is 1. The Balaban J connectivity index is 1.75. The molecule has 0 radical (unpaired) electrons. The summed E-state index contributed by atoms with van der Waals surface area (Å²) in [5.74, 6) is 3.33. The zero-order chi connectivity index (χ0) is 17.2. The predicted octanol–water partition coefficient (Wildman–Crippen LogP) is 3.21. The molecule has 2 aliphatic heterocycles. The standard InChI is InChI=1S/C19H32N2O2S/c1-14(2)11-15-12-17(22)21(13-15)19(7-9-24-10-8-19)18(23)20-16-5-3-4-6-16/h14-16H,3-13H2,1-2H3,(H,20,23)/t15-/m0/s1. The smallest absolute Gasteiger partial charge is 0.246 e. The van der Waals surface area contributed by atoms with Crippen LogP contribution in [-0.4, -0.2) is 46.3 Å². The van der Waals surface area contributed by atoms with Gasteiger partial charge in [0.2, 0.25) is 11.8 Å². The van der Waals surface area contributed by atoms with Crippen LogP contribution in [0.25, 0.3) is 0 Å². The number of likely N-dealkylation sites (tertiary alicyclic amines) is 1. The number of thioether (sulfide) groups is 1.